The van der Waals surface area contributed by atoms with E-state index in [1.165, 1.54) is 23.1 Å². The van der Waals surface area contributed by atoms with Crippen LogP contribution in [-0.4, -0.2) is 63.8 Å². The van der Waals surface area contributed by atoms with Crippen molar-refractivity contribution in [1.82, 2.24) is 19.8 Å². The third kappa shape index (κ3) is 5.87. The summed E-state index contributed by atoms with van der Waals surface area (Å²) in [7, 11) is 1.75. The molecule has 2 unspecified atom stereocenters. The Kier molecular flexibility index (Phi) is 7.74. The van der Waals surface area contributed by atoms with Crippen molar-refractivity contribution in [3.05, 3.63) is 63.5 Å². The van der Waals surface area contributed by atoms with Crippen LogP contribution in [0.3, 0.4) is 0 Å². The number of alkyl halides is 2. The van der Waals surface area contributed by atoms with E-state index < -0.39 is 48.7 Å². The van der Waals surface area contributed by atoms with Crippen molar-refractivity contribution in [2.45, 2.75) is 37.8 Å². The van der Waals surface area contributed by atoms with Crippen LogP contribution in [0.1, 0.15) is 37.2 Å². The number of halogens is 4. The molecule has 2 atom stereocenters. The number of aliphatic imine (C=N–C) groups is 1. The van der Waals surface area contributed by atoms with Crippen LogP contribution < -0.4 is 11.1 Å². The number of nitrogens with zero attached hydrogens (tertiary/aromatic N) is 4. The summed E-state index contributed by atoms with van der Waals surface area (Å²) in [4.78, 5) is 35.3. The van der Waals surface area contributed by atoms with Crippen molar-refractivity contribution in [3.63, 3.8) is 0 Å². The molecule has 2 aliphatic rings. The fourth-order valence-corrected chi connectivity index (χ4v) is 5.18. The number of nitrogens with one attached hydrogen (secondary N) is 1. The number of primary amides is 1. The molecule has 1 fully saturated rings. The molecule has 198 valence electrons. The minimum atomic E-state index is -3.03. The zero-order valence-corrected chi connectivity index (χ0v) is 21.8. The Bertz CT molecular complexity index is 1280. The van der Waals surface area contributed by atoms with Crippen LogP contribution in [0.5, 0.6) is 0 Å². The van der Waals surface area contributed by atoms with Gasteiger partial charge in [0.05, 0.1) is 18.7 Å². The van der Waals surface area contributed by atoms with E-state index >= 15 is 0 Å². The van der Waals surface area contributed by atoms with Gasteiger partial charge < -0.3 is 20.4 Å². The number of carbonyl (C=O) groups excluding carboxylic acids is 2. The lowest BCUT2D eigenvalue weighted by Crippen LogP contribution is -2.43. The molecule has 3 heterocycles. The molecule has 2 aliphatic heterocycles. The number of aryl methyl sites for hydroxylation is 1. The highest BCUT2D eigenvalue weighted by Gasteiger charge is 2.46. The molecule has 0 radical (unpaired) electrons. The lowest BCUT2D eigenvalue weighted by Gasteiger charge is -2.31. The lowest BCUT2D eigenvalue weighted by molar-refractivity contribution is -0.139. The summed E-state index contributed by atoms with van der Waals surface area (Å²) in [5.41, 5.74) is 6.14. The Morgan fingerprint density at radius 3 is 2.73 bits per heavy atom. The molecule has 13 heteroatoms. The molecule has 37 heavy (non-hydrogen) atoms. The summed E-state index contributed by atoms with van der Waals surface area (Å²) in [5, 5.41) is 3.10. The van der Waals surface area contributed by atoms with Crippen molar-refractivity contribution in [2.75, 3.05) is 19.7 Å². The SMILES string of the molecule is CCOC(=O)C1=C(CN2CC(F)(F)CC2CC(N)=O)NC(c2nccn2C)=NC1c1ccc(F)cc1Br. The highest BCUT2D eigenvalue weighted by Crippen LogP contribution is 2.39. The van der Waals surface area contributed by atoms with Gasteiger partial charge in [-0.15, -0.1) is 0 Å². The summed E-state index contributed by atoms with van der Waals surface area (Å²) in [6.45, 7) is 0.950. The second-order valence-electron chi connectivity index (χ2n) is 8.93. The van der Waals surface area contributed by atoms with Crippen molar-refractivity contribution >= 4 is 33.6 Å². The molecular formula is C24H26BrF3N6O3. The standard InChI is InChI=1S/C24H26BrF3N6O3/c1-3-37-23(36)19-17(11-34-12-24(27,28)10-14(34)9-18(29)35)31-21(22-30-6-7-33(22)2)32-20(19)15-5-4-13(26)8-16(15)25/h4-8,14,20H,3,9-12H2,1-2H3,(H2,29,35)(H,31,32). The van der Waals surface area contributed by atoms with Crippen LogP contribution >= 0.6 is 15.9 Å². The number of nitrogens with two attached hydrogens (primary N) is 1. The molecule has 0 saturated carbocycles. The molecular weight excluding hydrogens is 557 g/mol. The van der Waals surface area contributed by atoms with E-state index in [2.05, 4.69) is 26.2 Å². The molecule has 1 aromatic carbocycles. The first-order valence-electron chi connectivity index (χ1n) is 11.6. The molecule has 0 spiro atoms. The number of aromatic nitrogens is 2. The maximum atomic E-state index is 14.4. The van der Waals surface area contributed by atoms with Crippen LogP contribution in [0.2, 0.25) is 0 Å². The number of hydrogen-bond acceptors (Lipinski definition) is 7. The molecule has 0 aliphatic carbocycles. The van der Waals surface area contributed by atoms with E-state index in [9.17, 15) is 22.8 Å². The normalized spacial score (nSPS) is 21.5. The Labute approximate surface area is 219 Å². The minimum absolute atomic E-state index is 0.0644. The number of ether oxygens (including phenoxy) is 1. The van der Waals surface area contributed by atoms with Gasteiger partial charge in [0.25, 0.3) is 5.92 Å². The van der Waals surface area contributed by atoms with Crippen molar-refractivity contribution in [1.29, 1.82) is 0 Å². The number of amidine groups is 1. The number of benzene rings is 1. The van der Waals surface area contributed by atoms with Crippen LogP contribution in [-0.2, 0) is 21.4 Å². The maximum absolute atomic E-state index is 14.4. The molecule has 2 aromatic rings. The molecule has 3 N–H and O–H groups in total. The van der Waals surface area contributed by atoms with Gasteiger partial charge in [-0.1, -0.05) is 22.0 Å². The summed E-state index contributed by atoms with van der Waals surface area (Å²) < 4.78 is 50.1. The number of esters is 1. The first-order valence-corrected chi connectivity index (χ1v) is 12.4. The zero-order chi connectivity index (χ0) is 26.9. The smallest absolute Gasteiger partial charge is 0.338 e. The highest BCUT2D eigenvalue weighted by atomic mass is 79.9. The van der Waals surface area contributed by atoms with Gasteiger partial charge in [-0.2, -0.15) is 0 Å². The zero-order valence-electron chi connectivity index (χ0n) is 20.2. The first-order chi connectivity index (χ1) is 17.5. The quantitative estimate of drug-likeness (QED) is 0.463. The largest absolute Gasteiger partial charge is 0.463 e. The Morgan fingerprint density at radius 1 is 1.35 bits per heavy atom. The van der Waals surface area contributed by atoms with Crippen LogP contribution in [0, 0.1) is 5.82 Å². The van der Waals surface area contributed by atoms with Crippen LogP contribution in [0.4, 0.5) is 13.2 Å². The number of rotatable bonds is 8. The van der Waals surface area contributed by atoms with E-state index in [-0.39, 0.29) is 36.7 Å². The third-order valence-electron chi connectivity index (χ3n) is 6.19. The van der Waals surface area contributed by atoms with Crippen molar-refractivity contribution < 1.29 is 27.5 Å². The summed E-state index contributed by atoms with van der Waals surface area (Å²) in [6.07, 6.45) is 2.48. The predicted octanol–water partition coefficient (Wildman–Crippen LogP) is 2.82. The average molecular weight is 583 g/mol. The predicted molar refractivity (Wildman–Crippen MR) is 132 cm³/mol. The van der Waals surface area contributed by atoms with Gasteiger partial charge >= 0.3 is 5.97 Å². The van der Waals surface area contributed by atoms with Crippen molar-refractivity contribution in [2.24, 2.45) is 17.8 Å². The van der Waals surface area contributed by atoms with Gasteiger partial charge in [0.1, 0.15) is 11.9 Å². The highest BCUT2D eigenvalue weighted by molar-refractivity contribution is 9.10. The monoisotopic (exact) mass is 582 g/mol. The summed E-state index contributed by atoms with van der Waals surface area (Å²) in [5.74, 6) is -4.21. The topological polar surface area (TPSA) is 115 Å². The van der Waals surface area contributed by atoms with Gasteiger partial charge in [0.2, 0.25) is 5.91 Å². The van der Waals surface area contributed by atoms with Crippen molar-refractivity contribution in [3.8, 4) is 0 Å². The van der Waals surface area contributed by atoms with Gasteiger partial charge in [-0.25, -0.2) is 22.9 Å². The fourth-order valence-electron chi connectivity index (χ4n) is 4.61. The molecule has 4 rings (SSSR count). The van der Waals surface area contributed by atoms with E-state index in [0.29, 0.717) is 15.9 Å². The third-order valence-corrected chi connectivity index (χ3v) is 6.88. The maximum Gasteiger partial charge on any atom is 0.338 e. The van der Waals surface area contributed by atoms with Gasteiger partial charge in [-0.3, -0.25) is 14.7 Å². The van der Waals surface area contributed by atoms with E-state index in [1.807, 2.05) is 0 Å². The van der Waals surface area contributed by atoms with E-state index in [4.69, 9.17) is 15.5 Å². The van der Waals surface area contributed by atoms with Crippen LogP contribution in [0.15, 0.2) is 51.3 Å². The minimum Gasteiger partial charge on any atom is -0.463 e. The van der Waals surface area contributed by atoms with Gasteiger partial charge in [0.15, 0.2) is 11.7 Å². The van der Waals surface area contributed by atoms with Gasteiger partial charge in [-0.05, 0) is 24.6 Å². The molecule has 9 nitrogen and oxygen atoms in total. The van der Waals surface area contributed by atoms with Gasteiger partial charge in [0, 0.05) is 55.0 Å². The number of carbonyl (C=O) groups is 2. The lowest BCUT2D eigenvalue weighted by atomic mass is 9.95. The van der Waals surface area contributed by atoms with Crippen LogP contribution in [0.25, 0.3) is 0 Å². The molecule has 0 bridgehead atoms. The number of likely N-dealkylation sites (tertiary alicyclic amines) is 1. The van der Waals surface area contributed by atoms with E-state index in [1.54, 1.807) is 30.9 Å². The summed E-state index contributed by atoms with van der Waals surface area (Å²) >= 11 is 3.35. The Hall–Kier alpha value is -3.19. The molecule has 1 saturated heterocycles. The Balaban J connectivity index is 1.85. The number of amides is 1. The molecule has 1 aromatic heterocycles. The summed E-state index contributed by atoms with van der Waals surface area (Å²) in [6, 6.07) is 2.20. The fraction of sp³-hybridized carbons (Fsp3) is 0.417. The number of imidazole rings is 1. The average Bonchev–Trinajstić information content (AvgIpc) is 3.34. The first kappa shape index (κ1) is 26.9. The molecule has 1 amide bonds. The number of hydrogen-bond donors (Lipinski definition) is 2. The van der Waals surface area contributed by atoms with E-state index in [0.717, 1.165) is 0 Å². The second kappa shape index (κ2) is 10.7. The Morgan fingerprint density at radius 2 is 2.11 bits per heavy atom. The second-order valence-corrected chi connectivity index (χ2v) is 9.79.